The summed E-state index contributed by atoms with van der Waals surface area (Å²) in [6, 6.07) is 6.93. The minimum absolute atomic E-state index is 0.238. The SMILES string of the molecule is COC(=O)c1cccc(NCC[C@H](C)O)c1C#N. The summed E-state index contributed by atoms with van der Waals surface area (Å²) in [7, 11) is 1.27. The number of aliphatic hydroxyl groups is 1. The van der Waals surface area contributed by atoms with Crippen LogP contribution in [-0.4, -0.2) is 30.8 Å². The molecule has 0 unspecified atom stereocenters. The fourth-order valence-electron chi connectivity index (χ4n) is 1.52. The van der Waals surface area contributed by atoms with E-state index in [9.17, 15) is 4.79 Å². The van der Waals surface area contributed by atoms with Crippen LogP contribution >= 0.6 is 0 Å². The maximum absolute atomic E-state index is 11.5. The third-order valence-electron chi connectivity index (χ3n) is 2.46. The van der Waals surface area contributed by atoms with Gasteiger partial charge in [-0.1, -0.05) is 6.07 Å². The van der Waals surface area contributed by atoms with E-state index in [0.29, 0.717) is 18.7 Å². The van der Waals surface area contributed by atoms with Gasteiger partial charge in [-0.2, -0.15) is 5.26 Å². The third-order valence-corrected chi connectivity index (χ3v) is 2.46. The lowest BCUT2D eigenvalue weighted by atomic mass is 10.1. The number of anilines is 1. The number of nitrogens with zero attached hydrogens (tertiary/aromatic N) is 1. The molecule has 0 amide bonds. The standard InChI is InChI=1S/C13H16N2O3/c1-9(16)6-7-15-12-5-3-4-10(11(12)8-14)13(17)18-2/h3-5,9,15-16H,6-7H2,1-2H3/t9-/m0/s1. The molecule has 0 spiro atoms. The molecule has 0 fully saturated rings. The Balaban J connectivity index is 2.92. The van der Waals surface area contributed by atoms with Gasteiger partial charge in [-0.05, 0) is 25.5 Å². The molecule has 5 heteroatoms. The Morgan fingerprint density at radius 2 is 2.33 bits per heavy atom. The number of hydrogen-bond donors (Lipinski definition) is 2. The number of aliphatic hydroxyl groups excluding tert-OH is 1. The maximum Gasteiger partial charge on any atom is 0.339 e. The normalized spacial score (nSPS) is 11.4. The fraction of sp³-hybridized carbons (Fsp3) is 0.385. The van der Waals surface area contributed by atoms with Crippen LogP contribution in [0.25, 0.3) is 0 Å². The van der Waals surface area contributed by atoms with Crippen LogP contribution in [0.5, 0.6) is 0 Å². The Kier molecular flexibility index (Phi) is 5.15. The lowest BCUT2D eigenvalue weighted by molar-refractivity contribution is 0.0600. The van der Waals surface area contributed by atoms with Gasteiger partial charge in [0.15, 0.2) is 0 Å². The Morgan fingerprint density at radius 3 is 2.89 bits per heavy atom. The molecule has 0 radical (unpaired) electrons. The summed E-state index contributed by atoms with van der Waals surface area (Å²) in [6.45, 7) is 2.22. The van der Waals surface area contributed by atoms with E-state index in [-0.39, 0.29) is 11.1 Å². The van der Waals surface area contributed by atoms with Crippen LogP contribution in [0, 0.1) is 11.3 Å². The molecular weight excluding hydrogens is 232 g/mol. The molecule has 5 nitrogen and oxygen atoms in total. The van der Waals surface area contributed by atoms with E-state index in [1.54, 1.807) is 25.1 Å². The number of carbonyl (C=O) groups excluding carboxylic acids is 1. The number of nitriles is 1. The predicted octanol–water partition coefficient (Wildman–Crippen LogP) is 1.53. The highest BCUT2D eigenvalue weighted by molar-refractivity contribution is 5.94. The molecule has 1 aromatic rings. The Morgan fingerprint density at radius 1 is 1.61 bits per heavy atom. The second kappa shape index (κ2) is 6.62. The van der Waals surface area contributed by atoms with E-state index in [1.807, 2.05) is 6.07 Å². The molecule has 0 aliphatic carbocycles. The second-order valence-corrected chi connectivity index (χ2v) is 3.90. The van der Waals surface area contributed by atoms with Gasteiger partial charge in [-0.25, -0.2) is 4.79 Å². The lowest BCUT2D eigenvalue weighted by Crippen LogP contribution is -2.12. The third kappa shape index (κ3) is 3.47. The van der Waals surface area contributed by atoms with Crippen molar-refractivity contribution in [2.75, 3.05) is 19.0 Å². The molecule has 0 heterocycles. The molecule has 0 bridgehead atoms. The molecule has 0 saturated heterocycles. The summed E-state index contributed by atoms with van der Waals surface area (Å²) < 4.78 is 4.62. The molecule has 1 rings (SSSR count). The smallest absolute Gasteiger partial charge is 0.339 e. The van der Waals surface area contributed by atoms with E-state index in [0.717, 1.165) is 0 Å². The predicted molar refractivity (Wildman–Crippen MR) is 67.3 cm³/mol. The van der Waals surface area contributed by atoms with Gasteiger partial charge in [0.1, 0.15) is 6.07 Å². The fourth-order valence-corrected chi connectivity index (χ4v) is 1.52. The maximum atomic E-state index is 11.5. The van der Waals surface area contributed by atoms with E-state index in [1.165, 1.54) is 7.11 Å². The number of carbonyl (C=O) groups is 1. The van der Waals surface area contributed by atoms with Crippen LogP contribution in [0.15, 0.2) is 18.2 Å². The quantitative estimate of drug-likeness (QED) is 0.772. The number of benzene rings is 1. The molecule has 0 aliphatic heterocycles. The van der Waals surface area contributed by atoms with Crippen LogP contribution in [0.2, 0.25) is 0 Å². The van der Waals surface area contributed by atoms with Crippen molar-refractivity contribution in [3.05, 3.63) is 29.3 Å². The zero-order valence-corrected chi connectivity index (χ0v) is 10.4. The van der Waals surface area contributed by atoms with Gasteiger partial charge in [0, 0.05) is 6.54 Å². The van der Waals surface area contributed by atoms with E-state index >= 15 is 0 Å². The van der Waals surface area contributed by atoms with Crippen molar-refractivity contribution in [3.8, 4) is 6.07 Å². The van der Waals surface area contributed by atoms with E-state index < -0.39 is 12.1 Å². The monoisotopic (exact) mass is 248 g/mol. The van der Waals surface area contributed by atoms with Crippen LogP contribution in [0.4, 0.5) is 5.69 Å². The first-order chi connectivity index (χ1) is 8.60. The summed E-state index contributed by atoms with van der Waals surface area (Å²) in [6.07, 6.45) is 0.152. The van der Waals surface area contributed by atoms with Gasteiger partial charge in [-0.3, -0.25) is 0 Å². The second-order valence-electron chi connectivity index (χ2n) is 3.90. The number of esters is 1. The van der Waals surface area contributed by atoms with Crippen molar-refractivity contribution in [3.63, 3.8) is 0 Å². The van der Waals surface area contributed by atoms with Gasteiger partial charge in [0.2, 0.25) is 0 Å². The molecule has 96 valence electrons. The average molecular weight is 248 g/mol. The number of methoxy groups -OCH3 is 1. The first kappa shape index (κ1) is 14.0. The average Bonchev–Trinajstić information content (AvgIpc) is 2.37. The van der Waals surface area contributed by atoms with Gasteiger partial charge in [0.05, 0.1) is 30.0 Å². The van der Waals surface area contributed by atoms with Crippen molar-refractivity contribution in [2.24, 2.45) is 0 Å². The molecular formula is C13H16N2O3. The van der Waals surface area contributed by atoms with Crippen molar-refractivity contribution in [2.45, 2.75) is 19.4 Å². The topological polar surface area (TPSA) is 82.3 Å². The highest BCUT2D eigenvalue weighted by Gasteiger charge is 2.14. The van der Waals surface area contributed by atoms with Crippen molar-refractivity contribution in [1.29, 1.82) is 5.26 Å². The Labute approximate surface area is 106 Å². The molecule has 0 saturated carbocycles. The van der Waals surface area contributed by atoms with Gasteiger partial charge < -0.3 is 15.2 Å². The van der Waals surface area contributed by atoms with E-state index in [4.69, 9.17) is 10.4 Å². The van der Waals surface area contributed by atoms with E-state index in [2.05, 4.69) is 10.1 Å². The zero-order valence-electron chi connectivity index (χ0n) is 10.4. The zero-order chi connectivity index (χ0) is 13.5. The van der Waals surface area contributed by atoms with Gasteiger partial charge in [-0.15, -0.1) is 0 Å². The summed E-state index contributed by atoms with van der Waals surface area (Å²) in [5.74, 6) is -0.536. The summed E-state index contributed by atoms with van der Waals surface area (Å²) in [5.41, 5.74) is 1.07. The summed E-state index contributed by atoms with van der Waals surface area (Å²) >= 11 is 0. The summed E-state index contributed by atoms with van der Waals surface area (Å²) in [5, 5.41) is 21.3. The Bertz CT molecular complexity index is 464. The van der Waals surface area contributed by atoms with Crippen molar-refractivity contribution >= 4 is 11.7 Å². The number of ether oxygens (including phenoxy) is 1. The Hall–Kier alpha value is -2.06. The molecule has 2 N–H and O–H groups in total. The summed E-state index contributed by atoms with van der Waals surface area (Å²) in [4.78, 5) is 11.5. The number of hydrogen-bond acceptors (Lipinski definition) is 5. The molecule has 18 heavy (non-hydrogen) atoms. The molecule has 1 aromatic carbocycles. The molecule has 0 aliphatic rings. The van der Waals surface area contributed by atoms with Crippen LogP contribution in [-0.2, 0) is 4.74 Å². The minimum atomic E-state index is -0.536. The van der Waals surface area contributed by atoms with Crippen LogP contribution < -0.4 is 5.32 Å². The largest absolute Gasteiger partial charge is 0.465 e. The first-order valence-corrected chi connectivity index (χ1v) is 5.63. The minimum Gasteiger partial charge on any atom is -0.465 e. The molecule has 0 aromatic heterocycles. The first-order valence-electron chi connectivity index (χ1n) is 5.63. The van der Waals surface area contributed by atoms with Crippen molar-refractivity contribution in [1.82, 2.24) is 0 Å². The highest BCUT2D eigenvalue weighted by Crippen LogP contribution is 2.20. The lowest BCUT2D eigenvalue weighted by Gasteiger charge is -2.11. The van der Waals surface area contributed by atoms with Crippen molar-refractivity contribution < 1.29 is 14.6 Å². The van der Waals surface area contributed by atoms with Crippen LogP contribution in [0.3, 0.4) is 0 Å². The number of rotatable bonds is 5. The highest BCUT2D eigenvalue weighted by atomic mass is 16.5. The van der Waals surface area contributed by atoms with Crippen LogP contribution in [0.1, 0.15) is 29.3 Å². The van der Waals surface area contributed by atoms with Gasteiger partial charge in [0.25, 0.3) is 0 Å². The number of nitrogens with one attached hydrogen (secondary N) is 1. The molecule has 1 atom stereocenters. The van der Waals surface area contributed by atoms with Gasteiger partial charge >= 0.3 is 5.97 Å².